The summed E-state index contributed by atoms with van der Waals surface area (Å²) in [5, 5.41) is 13.5. The van der Waals surface area contributed by atoms with Crippen LogP contribution in [-0.4, -0.2) is 16.9 Å². The number of nitrogens with one attached hydrogen (secondary N) is 2. The number of nitro benzene ring substituents is 1. The monoisotopic (exact) mass is 252 g/mol. The lowest BCUT2D eigenvalue weighted by Crippen LogP contribution is -2.31. The Kier molecular flexibility index (Phi) is 4.61. The average Bonchev–Trinajstić information content (AvgIpc) is 2.37. The summed E-state index contributed by atoms with van der Waals surface area (Å²) in [6.45, 7) is 3.80. The Hall–Kier alpha value is -2.15. The Bertz CT molecular complexity index is 462. The molecule has 1 aromatic carbocycles. The van der Waals surface area contributed by atoms with E-state index in [1.165, 1.54) is 18.2 Å². The summed E-state index contributed by atoms with van der Waals surface area (Å²) in [5.74, 6) is 4.82. The normalized spacial score (nSPS) is 11.7. The zero-order valence-electron chi connectivity index (χ0n) is 10.3. The molecule has 0 saturated heterocycles. The van der Waals surface area contributed by atoms with Crippen molar-refractivity contribution in [2.75, 3.05) is 5.43 Å². The van der Waals surface area contributed by atoms with Crippen LogP contribution in [0.4, 0.5) is 11.4 Å². The maximum atomic E-state index is 11.8. The van der Waals surface area contributed by atoms with Gasteiger partial charge < -0.3 is 10.7 Å². The van der Waals surface area contributed by atoms with Crippen LogP contribution in [0.2, 0.25) is 0 Å². The number of nitro groups is 1. The lowest BCUT2D eigenvalue weighted by molar-refractivity contribution is -0.384. The molecule has 4 N–H and O–H groups in total. The van der Waals surface area contributed by atoms with Gasteiger partial charge in [-0.2, -0.15) is 0 Å². The van der Waals surface area contributed by atoms with Gasteiger partial charge in [0, 0.05) is 17.7 Å². The van der Waals surface area contributed by atoms with E-state index in [2.05, 4.69) is 10.7 Å². The second-order valence-electron chi connectivity index (χ2n) is 3.92. The number of rotatable bonds is 5. The maximum absolute atomic E-state index is 11.8. The van der Waals surface area contributed by atoms with Crippen LogP contribution < -0.4 is 16.6 Å². The average molecular weight is 252 g/mol. The van der Waals surface area contributed by atoms with Crippen molar-refractivity contribution in [3.63, 3.8) is 0 Å². The molecule has 1 atom stereocenters. The number of hydrogen-bond acceptors (Lipinski definition) is 5. The highest BCUT2D eigenvalue weighted by Gasteiger charge is 2.17. The van der Waals surface area contributed by atoms with Gasteiger partial charge in [-0.25, -0.2) is 0 Å². The molecule has 7 nitrogen and oxygen atoms in total. The number of nitrogens with two attached hydrogens (primary N) is 1. The summed E-state index contributed by atoms with van der Waals surface area (Å²) in [6, 6.07) is 4.11. The van der Waals surface area contributed by atoms with E-state index in [0.717, 1.165) is 6.42 Å². The van der Waals surface area contributed by atoms with Crippen molar-refractivity contribution in [1.82, 2.24) is 5.32 Å². The lowest BCUT2D eigenvalue weighted by Gasteiger charge is -2.11. The molecule has 0 aliphatic heterocycles. The number of nitrogens with zero attached hydrogens (tertiary/aromatic N) is 1. The Morgan fingerprint density at radius 1 is 1.56 bits per heavy atom. The third kappa shape index (κ3) is 3.17. The van der Waals surface area contributed by atoms with E-state index in [0.29, 0.717) is 0 Å². The van der Waals surface area contributed by atoms with Crippen molar-refractivity contribution >= 4 is 17.3 Å². The van der Waals surface area contributed by atoms with E-state index in [1.54, 1.807) is 0 Å². The Morgan fingerprint density at radius 3 is 2.72 bits per heavy atom. The van der Waals surface area contributed by atoms with E-state index in [4.69, 9.17) is 5.84 Å². The minimum atomic E-state index is -0.588. The molecule has 1 rings (SSSR count). The minimum Gasteiger partial charge on any atom is -0.350 e. The van der Waals surface area contributed by atoms with Crippen molar-refractivity contribution in [2.24, 2.45) is 5.84 Å². The van der Waals surface area contributed by atoms with Crippen molar-refractivity contribution in [3.05, 3.63) is 33.9 Å². The Morgan fingerprint density at radius 2 is 2.22 bits per heavy atom. The quantitative estimate of drug-likeness (QED) is 0.417. The molecule has 1 unspecified atom stereocenters. The molecule has 98 valence electrons. The largest absolute Gasteiger partial charge is 0.350 e. The number of carbonyl (C=O) groups is 1. The van der Waals surface area contributed by atoms with E-state index < -0.39 is 4.92 Å². The smallest absolute Gasteiger partial charge is 0.294 e. The van der Waals surface area contributed by atoms with Crippen molar-refractivity contribution in [1.29, 1.82) is 0 Å². The van der Waals surface area contributed by atoms with Gasteiger partial charge in [-0.15, -0.1) is 0 Å². The molecule has 0 aliphatic carbocycles. The maximum Gasteiger partial charge on any atom is 0.294 e. The molecule has 18 heavy (non-hydrogen) atoms. The van der Waals surface area contributed by atoms with Gasteiger partial charge in [0.2, 0.25) is 0 Å². The molecular weight excluding hydrogens is 236 g/mol. The second-order valence-corrected chi connectivity index (χ2v) is 3.92. The number of amides is 1. The fourth-order valence-corrected chi connectivity index (χ4v) is 1.36. The zero-order chi connectivity index (χ0) is 13.7. The third-order valence-corrected chi connectivity index (χ3v) is 2.60. The molecule has 0 bridgehead atoms. The molecule has 0 saturated carbocycles. The number of hydrogen-bond donors (Lipinski definition) is 3. The first-order valence-electron chi connectivity index (χ1n) is 5.55. The predicted molar refractivity (Wildman–Crippen MR) is 68.1 cm³/mol. The molecular formula is C11H16N4O3. The van der Waals surface area contributed by atoms with Crippen molar-refractivity contribution < 1.29 is 9.72 Å². The van der Waals surface area contributed by atoms with Gasteiger partial charge in [-0.1, -0.05) is 6.92 Å². The first-order valence-corrected chi connectivity index (χ1v) is 5.55. The Labute approximate surface area is 104 Å². The summed E-state index contributed by atoms with van der Waals surface area (Å²) in [4.78, 5) is 22.0. The molecule has 7 heteroatoms. The number of nitrogen functional groups attached to an aromatic ring is 1. The van der Waals surface area contributed by atoms with Gasteiger partial charge in [-0.05, 0) is 25.5 Å². The number of anilines is 1. The van der Waals surface area contributed by atoms with Crippen LogP contribution in [0.15, 0.2) is 18.2 Å². The number of carbonyl (C=O) groups excluding carboxylic acids is 1. The highest BCUT2D eigenvalue weighted by atomic mass is 16.6. The standard InChI is InChI=1S/C11H16N4O3/c1-3-7(2)13-11(16)8-4-5-9(14-12)10(6-8)15(17)18/h4-7,14H,3,12H2,1-2H3,(H,13,16). The number of benzene rings is 1. The second kappa shape index (κ2) is 5.97. The summed E-state index contributed by atoms with van der Waals surface area (Å²) in [7, 11) is 0. The van der Waals surface area contributed by atoms with E-state index in [1.807, 2.05) is 13.8 Å². The fourth-order valence-electron chi connectivity index (χ4n) is 1.36. The van der Waals surface area contributed by atoms with Crippen molar-refractivity contribution in [3.8, 4) is 0 Å². The fraction of sp³-hybridized carbons (Fsp3) is 0.364. The summed E-state index contributed by atoms with van der Waals surface area (Å²) < 4.78 is 0. The van der Waals surface area contributed by atoms with Gasteiger partial charge in [0.25, 0.3) is 11.6 Å². The predicted octanol–water partition coefficient (Wildman–Crippen LogP) is 1.41. The van der Waals surface area contributed by atoms with Gasteiger partial charge in [0.05, 0.1) is 4.92 Å². The topological polar surface area (TPSA) is 110 Å². The van der Waals surface area contributed by atoms with E-state index in [9.17, 15) is 14.9 Å². The molecule has 1 aromatic rings. The SMILES string of the molecule is CCC(C)NC(=O)c1ccc(NN)c([N+](=O)[O-])c1. The molecule has 0 spiro atoms. The van der Waals surface area contributed by atoms with Crippen LogP contribution in [-0.2, 0) is 0 Å². The van der Waals surface area contributed by atoms with Crippen LogP contribution in [0.5, 0.6) is 0 Å². The van der Waals surface area contributed by atoms with Crippen LogP contribution in [0, 0.1) is 10.1 Å². The van der Waals surface area contributed by atoms with E-state index >= 15 is 0 Å². The molecule has 0 radical (unpaired) electrons. The molecule has 0 fully saturated rings. The van der Waals surface area contributed by atoms with Crippen LogP contribution in [0.3, 0.4) is 0 Å². The first kappa shape index (κ1) is 13.9. The first-order chi connectivity index (χ1) is 8.49. The van der Waals surface area contributed by atoms with Gasteiger partial charge in [0.15, 0.2) is 0 Å². The summed E-state index contributed by atoms with van der Waals surface area (Å²) in [5.41, 5.74) is 2.40. The third-order valence-electron chi connectivity index (χ3n) is 2.60. The summed E-state index contributed by atoms with van der Waals surface area (Å²) >= 11 is 0. The van der Waals surface area contributed by atoms with Gasteiger partial charge >= 0.3 is 0 Å². The van der Waals surface area contributed by atoms with Crippen molar-refractivity contribution in [2.45, 2.75) is 26.3 Å². The minimum absolute atomic E-state index is 0.0175. The van der Waals surface area contributed by atoms with Crippen LogP contribution >= 0.6 is 0 Å². The zero-order valence-corrected chi connectivity index (χ0v) is 10.3. The number of hydrazine groups is 1. The highest BCUT2D eigenvalue weighted by Crippen LogP contribution is 2.24. The van der Waals surface area contributed by atoms with E-state index in [-0.39, 0.29) is 28.9 Å². The van der Waals surface area contributed by atoms with Crippen LogP contribution in [0.1, 0.15) is 30.6 Å². The summed E-state index contributed by atoms with van der Waals surface area (Å²) in [6.07, 6.45) is 0.788. The van der Waals surface area contributed by atoms with Gasteiger partial charge in [-0.3, -0.25) is 20.8 Å². The highest BCUT2D eigenvalue weighted by molar-refractivity contribution is 5.95. The van der Waals surface area contributed by atoms with Crippen LogP contribution in [0.25, 0.3) is 0 Å². The lowest BCUT2D eigenvalue weighted by atomic mass is 10.1. The molecule has 0 aromatic heterocycles. The molecule has 0 aliphatic rings. The Balaban J connectivity index is 3.01. The molecule has 0 heterocycles. The molecule has 1 amide bonds. The van der Waals surface area contributed by atoms with Gasteiger partial charge in [0.1, 0.15) is 5.69 Å².